The molecule has 1 aliphatic heterocycles. The third-order valence-electron chi connectivity index (χ3n) is 3.69. The van der Waals surface area contributed by atoms with Gasteiger partial charge in [0, 0.05) is 6.20 Å². The van der Waals surface area contributed by atoms with Crippen LogP contribution in [0.2, 0.25) is 0 Å². The molecule has 1 aromatic heterocycles. The second-order valence-corrected chi connectivity index (χ2v) is 7.18. The van der Waals surface area contributed by atoms with Crippen molar-refractivity contribution >= 4 is 21.4 Å². The first-order valence-corrected chi connectivity index (χ1v) is 9.85. The smallest absolute Gasteiger partial charge is 0.222 e. The highest BCUT2D eigenvalue weighted by Crippen LogP contribution is 2.35. The molecule has 1 aromatic carbocycles. The highest BCUT2D eigenvalue weighted by Gasteiger charge is 2.16. The average Bonchev–Trinajstić information content (AvgIpc) is 2.85. The highest BCUT2D eigenvalue weighted by molar-refractivity contribution is 7.94. The Balaban J connectivity index is 1.99. The maximum atomic E-state index is 13.6. The number of nitrogens with two attached hydrogens (primary N) is 1. The van der Waals surface area contributed by atoms with Crippen LogP contribution in [-0.2, 0) is 10.0 Å². The van der Waals surface area contributed by atoms with Gasteiger partial charge in [-0.25, -0.2) is 17.8 Å². The maximum Gasteiger partial charge on any atom is 0.222 e. The first-order valence-electron chi connectivity index (χ1n) is 8.41. The normalized spacial score (nSPS) is 14.0. The third-order valence-corrected chi connectivity index (χ3v) is 5.01. The summed E-state index contributed by atoms with van der Waals surface area (Å²) in [5, 5.41) is 0. The Hall–Kier alpha value is -3.14. The Kier molecular flexibility index (Phi) is 5.78. The molecule has 2 N–H and O–H groups in total. The second-order valence-electron chi connectivity index (χ2n) is 5.61. The van der Waals surface area contributed by atoms with E-state index in [-0.39, 0.29) is 22.9 Å². The zero-order chi connectivity index (χ0) is 20.1. The number of halogens is 1. The Morgan fingerprint density at radius 3 is 2.96 bits per heavy atom. The number of sulfonamides is 1. The van der Waals surface area contributed by atoms with Gasteiger partial charge in [0.1, 0.15) is 28.2 Å². The summed E-state index contributed by atoms with van der Waals surface area (Å²) < 4.78 is 53.7. The molecule has 2 aromatic rings. The van der Waals surface area contributed by atoms with Crippen molar-refractivity contribution in [2.24, 2.45) is 10.7 Å². The summed E-state index contributed by atoms with van der Waals surface area (Å²) >= 11 is 0. The molecule has 0 aliphatic carbocycles. The Labute approximate surface area is 162 Å². The summed E-state index contributed by atoms with van der Waals surface area (Å²) in [7, 11) is -4.26. The molecule has 10 heteroatoms. The molecule has 0 spiro atoms. The number of nitrogens with zero attached hydrogens (tertiary/aromatic N) is 3. The molecule has 1 aliphatic rings. The summed E-state index contributed by atoms with van der Waals surface area (Å²) in [6.45, 7) is 2.65. The lowest BCUT2D eigenvalue weighted by molar-refractivity contribution is 0.318. The minimum absolute atomic E-state index is 0.0204. The largest absolute Gasteiger partial charge is 0.571 e. The first kappa shape index (κ1) is 19.6. The van der Waals surface area contributed by atoms with E-state index in [1.165, 1.54) is 24.5 Å². The van der Waals surface area contributed by atoms with E-state index in [0.717, 1.165) is 12.1 Å². The van der Waals surface area contributed by atoms with Crippen LogP contribution < -0.4 is 15.2 Å². The predicted octanol–water partition coefficient (Wildman–Crippen LogP) is 2.67. The number of allylic oxidation sites excluding steroid dienone is 1. The van der Waals surface area contributed by atoms with Gasteiger partial charge in [-0.3, -0.25) is 4.99 Å². The molecule has 0 saturated heterocycles. The average molecular weight is 405 g/mol. The number of fused-ring (bicyclic) bond motifs is 1. The van der Waals surface area contributed by atoms with E-state index in [2.05, 4.69) is 14.7 Å². The van der Waals surface area contributed by atoms with Crippen molar-refractivity contribution in [2.75, 3.05) is 19.8 Å². The van der Waals surface area contributed by atoms with Gasteiger partial charge >= 0.3 is 0 Å². The van der Waals surface area contributed by atoms with Crippen LogP contribution in [0.1, 0.15) is 12.5 Å². The molecule has 0 bridgehead atoms. The minimum Gasteiger partial charge on any atom is -0.571 e. The van der Waals surface area contributed by atoms with Gasteiger partial charge < -0.3 is 19.9 Å². The van der Waals surface area contributed by atoms with Gasteiger partial charge in [0.25, 0.3) is 0 Å². The molecule has 0 radical (unpaired) electrons. The van der Waals surface area contributed by atoms with Crippen molar-refractivity contribution in [1.29, 1.82) is 0 Å². The van der Waals surface area contributed by atoms with Crippen molar-refractivity contribution in [2.45, 2.75) is 11.8 Å². The van der Waals surface area contributed by atoms with Gasteiger partial charge in [0.05, 0.1) is 29.3 Å². The summed E-state index contributed by atoms with van der Waals surface area (Å²) in [4.78, 5) is 8.08. The van der Waals surface area contributed by atoms with Crippen molar-refractivity contribution in [3.63, 3.8) is 0 Å². The summed E-state index contributed by atoms with van der Waals surface area (Å²) in [5.41, 5.74) is 6.44. The number of ether oxygens (including phenoxy) is 2. The fourth-order valence-electron chi connectivity index (χ4n) is 2.56. The van der Waals surface area contributed by atoms with Crippen LogP contribution in [0.5, 0.6) is 11.6 Å². The topological polar surface area (TPSA) is 118 Å². The van der Waals surface area contributed by atoms with Gasteiger partial charge in [-0.1, -0.05) is 6.07 Å². The maximum absolute atomic E-state index is 13.6. The van der Waals surface area contributed by atoms with Crippen LogP contribution in [0.4, 0.5) is 10.1 Å². The lowest BCUT2D eigenvalue weighted by Crippen LogP contribution is -2.05. The predicted molar refractivity (Wildman–Crippen MR) is 102 cm³/mol. The van der Waals surface area contributed by atoms with Crippen LogP contribution in [0.25, 0.3) is 4.72 Å². The molecule has 0 fully saturated rings. The SMILES string of the molecule is CCOc1ccc(F)cc1S(=O)(=O)[N-]c1cnc2c(c1)C(C=CN)=NCCO2. The van der Waals surface area contributed by atoms with Gasteiger partial charge in [0.2, 0.25) is 5.88 Å². The standard InChI is InChI=1S/C18H18FN4O4S/c1-2-26-16-4-3-12(19)9-17(16)28(24,25)23-13-10-14-15(5-6-20)21-7-8-27-18(14)22-11-13/h3-6,9-11H,2,7-8,20H2,1H3/q-1. The molecule has 0 unspecified atom stereocenters. The van der Waals surface area contributed by atoms with Crippen molar-refractivity contribution in [1.82, 2.24) is 4.98 Å². The number of rotatable bonds is 6. The summed E-state index contributed by atoms with van der Waals surface area (Å²) in [6.07, 6.45) is 4.13. The van der Waals surface area contributed by atoms with Gasteiger partial charge in [-0.05, 0) is 37.4 Å². The number of hydrogen-bond acceptors (Lipinski definition) is 7. The molecule has 0 saturated carbocycles. The van der Waals surface area contributed by atoms with Crippen LogP contribution in [-0.4, -0.2) is 38.9 Å². The Morgan fingerprint density at radius 2 is 2.21 bits per heavy atom. The molecule has 3 rings (SSSR count). The zero-order valence-electron chi connectivity index (χ0n) is 15.0. The second kappa shape index (κ2) is 8.26. The molecule has 2 heterocycles. The molecule has 0 amide bonds. The first-order chi connectivity index (χ1) is 13.4. The Bertz CT molecular complexity index is 1040. The molecule has 0 atom stereocenters. The number of benzene rings is 1. The molecule has 8 nitrogen and oxygen atoms in total. The minimum atomic E-state index is -4.26. The van der Waals surface area contributed by atoms with Crippen molar-refractivity contribution in [3.8, 4) is 11.6 Å². The fraction of sp³-hybridized carbons (Fsp3) is 0.222. The lowest BCUT2D eigenvalue weighted by atomic mass is 10.1. The monoisotopic (exact) mass is 405 g/mol. The number of aromatic nitrogens is 1. The van der Waals surface area contributed by atoms with Gasteiger partial charge in [-0.15, -0.1) is 5.69 Å². The van der Waals surface area contributed by atoms with E-state index < -0.39 is 15.8 Å². The lowest BCUT2D eigenvalue weighted by Gasteiger charge is -2.24. The fourth-order valence-corrected chi connectivity index (χ4v) is 3.68. The van der Waals surface area contributed by atoms with Crippen LogP contribution in [0.3, 0.4) is 0 Å². The van der Waals surface area contributed by atoms with E-state index in [1.807, 2.05) is 0 Å². The number of hydrogen-bond donors (Lipinski definition) is 1. The zero-order valence-corrected chi connectivity index (χ0v) is 15.8. The number of aliphatic imine (C=N–C) groups is 1. The molecule has 148 valence electrons. The highest BCUT2D eigenvalue weighted by atomic mass is 32.2. The van der Waals surface area contributed by atoms with Crippen LogP contribution in [0, 0.1) is 5.82 Å². The van der Waals surface area contributed by atoms with E-state index >= 15 is 0 Å². The van der Waals surface area contributed by atoms with Gasteiger partial charge in [0.15, 0.2) is 0 Å². The van der Waals surface area contributed by atoms with Crippen molar-refractivity contribution < 1.29 is 22.3 Å². The van der Waals surface area contributed by atoms with E-state index in [0.29, 0.717) is 30.3 Å². The summed E-state index contributed by atoms with van der Waals surface area (Å²) in [5.74, 6) is -0.397. The summed E-state index contributed by atoms with van der Waals surface area (Å²) in [6, 6.07) is 4.71. The number of pyridine rings is 1. The van der Waals surface area contributed by atoms with E-state index in [1.54, 1.807) is 13.0 Å². The van der Waals surface area contributed by atoms with Crippen molar-refractivity contribution in [3.05, 3.63) is 58.8 Å². The van der Waals surface area contributed by atoms with Gasteiger partial charge in [-0.2, -0.15) is 0 Å². The van der Waals surface area contributed by atoms with E-state index in [4.69, 9.17) is 15.2 Å². The van der Waals surface area contributed by atoms with Crippen LogP contribution in [0.15, 0.2) is 52.6 Å². The Morgan fingerprint density at radius 1 is 1.39 bits per heavy atom. The molecule has 28 heavy (non-hydrogen) atoms. The quantitative estimate of drug-likeness (QED) is 0.789. The molecular formula is C18H18FN4O4S-. The van der Waals surface area contributed by atoms with E-state index in [9.17, 15) is 12.8 Å². The van der Waals surface area contributed by atoms with Crippen LogP contribution >= 0.6 is 0 Å². The third kappa shape index (κ3) is 4.22. The molecular weight excluding hydrogens is 387 g/mol.